The largest absolute Gasteiger partial charge is 0.471 e. The Hall–Kier alpha value is -2.37. The van der Waals surface area contributed by atoms with E-state index >= 15 is 0 Å². The number of carbonyl (C=O) groups excluding carboxylic acids is 1. The van der Waals surface area contributed by atoms with Crippen LogP contribution in [0.2, 0.25) is 0 Å². The van der Waals surface area contributed by atoms with Gasteiger partial charge >= 0.3 is 0 Å². The fourth-order valence-electron chi connectivity index (χ4n) is 1.48. The maximum Gasteiger partial charge on any atom is 0.271 e. The number of halogens is 1. The van der Waals surface area contributed by atoms with Crippen LogP contribution in [0.1, 0.15) is 17.4 Å². The summed E-state index contributed by atoms with van der Waals surface area (Å²) in [6, 6.07) is 7.31. The van der Waals surface area contributed by atoms with E-state index in [1.54, 1.807) is 12.3 Å². The first-order chi connectivity index (χ1) is 9.19. The maximum atomic E-state index is 12.7. The fourth-order valence-corrected chi connectivity index (χ4v) is 1.48. The third-order valence-electron chi connectivity index (χ3n) is 2.39. The van der Waals surface area contributed by atoms with Crippen LogP contribution in [0.5, 0.6) is 5.75 Å². The van der Waals surface area contributed by atoms with Crippen LogP contribution in [0.15, 0.2) is 36.5 Å². The summed E-state index contributed by atoms with van der Waals surface area (Å²) in [6.07, 6.45) is 1.65. The summed E-state index contributed by atoms with van der Waals surface area (Å²) in [6.45, 7) is 2.55. The fraction of sp³-hybridized carbons (Fsp3) is 0.231. The van der Waals surface area contributed by atoms with Crippen molar-refractivity contribution in [1.82, 2.24) is 15.1 Å². The lowest BCUT2D eigenvalue weighted by Crippen LogP contribution is -2.23. The van der Waals surface area contributed by atoms with E-state index in [0.717, 1.165) is 0 Å². The molecule has 1 aromatic heterocycles. The van der Waals surface area contributed by atoms with Crippen molar-refractivity contribution in [3.63, 3.8) is 0 Å². The maximum absolute atomic E-state index is 12.7. The Bertz CT molecular complexity index is 551. The normalized spacial score (nSPS) is 10.2. The molecule has 6 heteroatoms. The van der Waals surface area contributed by atoms with Gasteiger partial charge in [0.1, 0.15) is 17.3 Å². The van der Waals surface area contributed by atoms with E-state index in [-0.39, 0.29) is 18.5 Å². The molecule has 100 valence electrons. The van der Waals surface area contributed by atoms with E-state index in [4.69, 9.17) is 4.74 Å². The topological polar surface area (TPSA) is 56.2 Å². The van der Waals surface area contributed by atoms with Gasteiger partial charge in [0.2, 0.25) is 0 Å². The second kappa shape index (κ2) is 5.99. The number of aromatic nitrogens is 2. The van der Waals surface area contributed by atoms with Crippen LogP contribution < -0.4 is 10.1 Å². The molecule has 0 saturated carbocycles. The van der Waals surface area contributed by atoms with Crippen LogP contribution in [-0.2, 0) is 6.73 Å². The summed E-state index contributed by atoms with van der Waals surface area (Å²) in [5, 5.41) is 6.72. The molecule has 1 heterocycles. The monoisotopic (exact) mass is 263 g/mol. The minimum atomic E-state index is -0.315. The van der Waals surface area contributed by atoms with Gasteiger partial charge in [-0.15, -0.1) is 0 Å². The molecule has 0 aliphatic heterocycles. The second-order valence-electron chi connectivity index (χ2n) is 3.83. The van der Waals surface area contributed by atoms with E-state index in [2.05, 4.69) is 10.4 Å². The van der Waals surface area contributed by atoms with Crippen LogP contribution in [0.3, 0.4) is 0 Å². The molecule has 0 atom stereocenters. The van der Waals surface area contributed by atoms with Gasteiger partial charge in [-0.05, 0) is 37.3 Å². The molecule has 2 aromatic rings. The third kappa shape index (κ3) is 3.54. The van der Waals surface area contributed by atoms with Gasteiger partial charge in [0.05, 0.1) is 0 Å². The highest BCUT2D eigenvalue weighted by atomic mass is 19.1. The quantitative estimate of drug-likeness (QED) is 0.895. The Morgan fingerprint density at radius 3 is 2.79 bits per heavy atom. The molecule has 5 nitrogen and oxygen atoms in total. The molecule has 0 saturated heterocycles. The highest BCUT2D eigenvalue weighted by Crippen LogP contribution is 2.11. The SMILES string of the molecule is CCNC(=O)c1ccn(COc2ccc(F)cc2)n1. The molecule has 0 aliphatic carbocycles. The number of amides is 1. The minimum absolute atomic E-state index is 0.158. The van der Waals surface area contributed by atoms with E-state index in [9.17, 15) is 9.18 Å². The lowest BCUT2D eigenvalue weighted by Gasteiger charge is -2.05. The van der Waals surface area contributed by atoms with Crippen molar-refractivity contribution in [3.05, 3.63) is 48.0 Å². The molecular formula is C13H14FN3O2. The van der Waals surface area contributed by atoms with E-state index in [0.29, 0.717) is 18.0 Å². The summed E-state index contributed by atoms with van der Waals surface area (Å²) in [5.41, 5.74) is 0.338. The summed E-state index contributed by atoms with van der Waals surface area (Å²) in [7, 11) is 0. The molecule has 0 unspecified atom stereocenters. The number of nitrogens with zero attached hydrogens (tertiary/aromatic N) is 2. The number of hydrogen-bond acceptors (Lipinski definition) is 3. The Labute approximate surface area is 110 Å². The van der Waals surface area contributed by atoms with Gasteiger partial charge in [-0.3, -0.25) is 4.79 Å². The van der Waals surface area contributed by atoms with Crippen molar-refractivity contribution in [2.45, 2.75) is 13.7 Å². The molecule has 1 N–H and O–H groups in total. The zero-order valence-electron chi connectivity index (χ0n) is 10.5. The highest BCUT2D eigenvalue weighted by Gasteiger charge is 2.07. The van der Waals surface area contributed by atoms with Crippen molar-refractivity contribution < 1.29 is 13.9 Å². The number of carbonyl (C=O) groups is 1. The average Bonchev–Trinajstić information content (AvgIpc) is 2.87. The number of benzene rings is 1. The van der Waals surface area contributed by atoms with Crippen molar-refractivity contribution in [2.24, 2.45) is 0 Å². The predicted molar refractivity (Wildman–Crippen MR) is 67.3 cm³/mol. The summed E-state index contributed by atoms with van der Waals surface area (Å²) in [5.74, 6) is 0.00412. The summed E-state index contributed by atoms with van der Waals surface area (Å²) in [4.78, 5) is 11.5. The first-order valence-corrected chi connectivity index (χ1v) is 5.89. The smallest absolute Gasteiger partial charge is 0.271 e. The number of ether oxygens (including phenoxy) is 1. The standard InChI is InChI=1S/C13H14FN3O2/c1-2-15-13(18)12-7-8-17(16-12)9-19-11-5-3-10(14)4-6-11/h3-8H,2,9H2,1H3,(H,15,18). The second-order valence-corrected chi connectivity index (χ2v) is 3.83. The molecule has 0 radical (unpaired) electrons. The molecule has 0 aliphatic rings. The zero-order chi connectivity index (χ0) is 13.7. The zero-order valence-corrected chi connectivity index (χ0v) is 10.5. The first kappa shape index (κ1) is 13.1. The van der Waals surface area contributed by atoms with Gasteiger partial charge in [-0.1, -0.05) is 0 Å². The Balaban J connectivity index is 1.93. The summed E-state index contributed by atoms with van der Waals surface area (Å²) < 4.78 is 19.6. The van der Waals surface area contributed by atoms with Gasteiger partial charge in [0, 0.05) is 12.7 Å². The van der Waals surface area contributed by atoms with Gasteiger partial charge in [0.15, 0.2) is 6.73 Å². The lowest BCUT2D eigenvalue weighted by atomic mass is 10.3. The molecule has 0 fully saturated rings. The first-order valence-electron chi connectivity index (χ1n) is 5.89. The molecular weight excluding hydrogens is 249 g/mol. The van der Waals surface area contributed by atoms with Crippen LogP contribution in [0.25, 0.3) is 0 Å². The third-order valence-corrected chi connectivity index (χ3v) is 2.39. The number of rotatable bonds is 5. The molecule has 1 aromatic carbocycles. The van der Waals surface area contributed by atoms with Gasteiger partial charge in [0.25, 0.3) is 5.91 Å². The predicted octanol–water partition coefficient (Wildman–Crippen LogP) is 1.81. The molecule has 19 heavy (non-hydrogen) atoms. The van der Waals surface area contributed by atoms with Crippen LogP contribution in [-0.4, -0.2) is 22.2 Å². The van der Waals surface area contributed by atoms with Crippen molar-refractivity contribution in [1.29, 1.82) is 0 Å². The average molecular weight is 263 g/mol. The van der Waals surface area contributed by atoms with E-state index < -0.39 is 0 Å². The van der Waals surface area contributed by atoms with Crippen molar-refractivity contribution >= 4 is 5.91 Å². The van der Waals surface area contributed by atoms with Gasteiger partial charge < -0.3 is 10.1 Å². The van der Waals surface area contributed by atoms with E-state index in [1.165, 1.54) is 28.9 Å². The number of nitrogens with one attached hydrogen (secondary N) is 1. The van der Waals surface area contributed by atoms with Crippen LogP contribution >= 0.6 is 0 Å². The van der Waals surface area contributed by atoms with Crippen molar-refractivity contribution in [3.8, 4) is 5.75 Å². The minimum Gasteiger partial charge on any atom is -0.471 e. The van der Waals surface area contributed by atoms with Crippen LogP contribution in [0.4, 0.5) is 4.39 Å². The highest BCUT2D eigenvalue weighted by molar-refractivity contribution is 5.92. The molecule has 0 bridgehead atoms. The summed E-state index contributed by atoms with van der Waals surface area (Å²) >= 11 is 0. The van der Waals surface area contributed by atoms with Crippen LogP contribution in [0, 0.1) is 5.82 Å². The van der Waals surface area contributed by atoms with Crippen molar-refractivity contribution in [2.75, 3.05) is 6.54 Å². The Morgan fingerprint density at radius 2 is 2.11 bits per heavy atom. The molecule has 1 amide bonds. The molecule has 2 rings (SSSR count). The lowest BCUT2D eigenvalue weighted by molar-refractivity contribution is 0.0949. The van der Waals surface area contributed by atoms with Gasteiger partial charge in [-0.25, -0.2) is 9.07 Å². The van der Waals surface area contributed by atoms with E-state index in [1.807, 2.05) is 6.92 Å². The van der Waals surface area contributed by atoms with Gasteiger partial charge in [-0.2, -0.15) is 5.10 Å². The Kier molecular flexibility index (Phi) is 4.12. The Morgan fingerprint density at radius 1 is 1.37 bits per heavy atom. The molecule has 0 spiro atoms. The number of hydrogen-bond donors (Lipinski definition) is 1.